The molecule has 27 heavy (non-hydrogen) atoms. The molecule has 1 aromatic rings. The predicted octanol–water partition coefficient (Wildman–Crippen LogP) is 3.42. The standard InChI is InChI=1S/C19H26N4O3S/c1-6-26-14-9-7-13(8-10-14)20-16(24)11-15-17(25)21-18(27-15)23-22-12(2)19(3,4)5/h7-10,15H,6,11H2,1-5H3,(H,20,24)(H,21,23,25)/b22-12-/t15-/m1/s1. The van der Waals surface area contributed by atoms with Crippen LogP contribution in [0.3, 0.4) is 0 Å². The lowest BCUT2D eigenvalue weighted by Crippen LogP contribution is -2.28. The Labute approximate surface area is 164 Å². The predicted molar refractivity (Wildman–Crippen MR) is 110 cm³/mol. The number of amidine groups is 1. The molecule has 0 aromatic heterocycles. The Balaban J connectivity index is 1.91. The molecule has 1 saturated heterocycles. The van der Waals surface area contributed by atoms with E-state index in [0.29, 0.717) is 17.5 Å². The third-order valence-electron chi connectivity index (χ3n) is 3.97. The molecule has 7 nitrogen and oxygen atoms in total. The number of benzene rings is 1. The van der Waals surface area contributed by atoms with Gasteiger partial charge >= 0.3 is 0 Å². The van der Waals surface area contributed by atoms with E-state index < -0.39 is 5.25 Å². The third-order valence-corrected chi connectivity index (χ3v) is 5.04. The number of rotatable bonds is 6. The Hall–Kier alpha value is -2.35. The Kier molecular flexibility index (Phi) is 7.01. The van der Waals surface area contributed by atoms with Crippen molar-refractivity contribution in [3.8, 4) is 5.75 Å². The molecule has 1 aliphatic rings. The summed E-state index contributed by atoms with van der Waals surface area (Å²) in [5.41, 5.74) is 1.43. The molecule has 146 valence electrons. The van der Waals surface area contributed by atoms with E-state index in [9.17, 15) is 9.59 Å². The molecule has 0 spiro atoms. The van der Waals surface area contributed by atoms with Gasteiger partial charge in [0.25, 0.3) is 0 Å². The first-order chi connectivity index (χ1) is 12.7. The highest BCUT2D eigenvalue weighted by atomic mass is 32.2. The molecule has 0 unspecified atom stereocenters. The van der Waals surface area contributed by atoms with Gasteiger partial charge in [-0.3, -0.25) is 9.59 Å². The second-order valence-electron chi connectivity index (χ2n) is 7.15. The topological polar surface area (TPSA) is 92.2 Å². The van der Waals surface area contributed by atoms with Crippen molar-refractivity contribution in [3.05, 3.63) is 24.3 Å². The second-order valence-corrected chi connectivity index (χ2v) is 8.34. The minimum atomic E-state index is -0.517. The Morgan fingerprint density at radius 1 is 1.30 bits per heavy atom. The van der Waals surface area contributed by atoms with Crippen LogP contribution in [-0.4, -0.2) is 34.6 Å². The zero-order valence-corrected chi connectivity index (χ0v) is 17.1. The summed E-state index contributed by atoms with van der Waals surface area (Å²) >= 11 is 1.22. The zero-order chi connectivity index (χ0) is 20.0. The number of nitrogens with zero attached hydrogens (tertiary/aromatic N) is 2. The van der Waals surface area contributed by atoms with Crippen molar-refractivity contribution in [2.45, 2.75) is 46.3 Å². The van der Waals surface area contributed by atoms with Gasteiger partial charge in [0, 0.05) is 23.2 Å². The summed E-state index contributed by atoms with van der Waals surface area (Å²) in [5.74, 6) is 0.278. The average Bonchev–Trinajstić information content (AvgIpc) is 2.93. The van der Waals surface area contributed by atoms with Crippen molar-refractivity contribution in [2.75, 3.05) is 11.9 Å². The van der Waals surface area contributed by atoms with E-state index >= 15 is 0 Å². The van der Waals surface area contributed by atoms with E-state index in [2.05, 4.69) is 20.8 Å². The van der Waals surface area contributed by atoms with E-state index in [0.717, 1.165) is 11.5 Å². The zero-order valence-electron chi connectivity index (χ0n) is 16.3. The molecule has 1 fully saturated rings. The van der Waals surface area contributed by atoms with Crippen LogP contribution in [0.4, 0.5) is 5.69 Å². The quantitative estimate of drug-likeness (QED) is 0.575. The van der Waals surface area contributed by atoms with Gasteiger partial charge in [-0.15, -0.1) is 5.10 Å². The van der Waals surface area contributed by atoms with E-state index in [1.807, 2.05) is 34.6 Å². The molecule has 2 N–H and O–H groups in total. The number of carbonyl (C=O) groups excluding carboxylic acids is 2. The lowest BCUT2D eigenvalue weighted by atomic mass is 9.91. The first-order valence-electron chi connectivity index (χ1n) is 8.82. The molecule has 1 atom stereocenters. The Morgan fingerprint density at radius 3 is 2.56 bits per heavy atom. The first-order valence-corrected chi connectivity index (χ1v) is 9.70. The minimum Gasteiger partial charge on any atom is -0.494 e. The molecule has 0 bridgehead atoms. The Bertz CT molecular complexity index is 751. The maximum Gasteiger partial charge on any atom is 0.240 e. The van der Waals surface area contributed by atoms with Crippen molar-refractivity contribution >= 4 is 40.1 Å². The lowest BCUT2D eigenvalue weighted by molar-refractivity contribution is -0.122. The molecule has 0 saturated carbocycles. The largest absolute Gasteiger partial charge is 0.494 e. The SMILES string of the molecule is CCOc1ccc(NC(=O)C[C@H]2S/C(=N/N=C(/C)C(C)(C)C)NC2=O)cc1. The summed E-state index contributed by atoms with van der Waals surface area (Å²) in [6.45, 7) is 10.5. The second kappa shape index (κ2) is 9.03. The molecule has 1 aromatic carbocycles. The monoisotopic (exact) mass is 390 g/mol. The summed E-state index contributed by atoms with van der Waals surface area (Å²) in [5, 5.41) is 13.6. The van der Waals surface area contributed by atoms with Gasteiger partial charge in [0.05, 0.1) is 6.61 Å². The van der Waals surface area contributed by atoms with Crippen molar-refractivity contribution < 1.29 is 14.3 Å². The number of thioether (sulfide) groups is 1. The van der Waals surface area contributed by atoms with Gasteiger partial charge in [-0.1, -0.05) is 32.5 Å². The maximum atomic E-state index is 12.2. The van der Waals surface area contributed by atoms with Crippen molar-refractivity contribution in [1.29, 1.82) is 0 Å². The van der Waals surface area contributed by atoms with Crippen LogP contribution in [0.2, 0.25) is 0 Å². The van der Waals surface area contributed by atoms with E-state index in [4.69, 9.17) is 4.74 Å². The van der Waals surface area contributed by atoms with Gasteiger partial charge in [0.15, 0.2) is 5.17 Å². The van der Waals surface area contributed by atoms with E-state index in [-0.39, 0.29) is 23.7 Å². The number of amides is 2. The molecule has 1 aliphatic heterocycles. The Morgan fingerprint density at radius 2 is 1.96 bits per heavy atom. The molecule has 8 heteroatoms. The molecule has 1 heterocycles. The molecular weight excluding hydrogens is 364 g/mol. The van der Waals surface area contributed by atoms with Crippen LogP contribution in [0.25, 0.3) is 0 Å². The van der Waals surface area contributed by atoms with Crippen LogP contribution in [-0.2, 0) is 9.59 Å². The highest BCUT2D eigenvalue weighted by molar-refractivity contribution is 8.15. The van der Waals surface area contributed by atoms with E-state index in [1.54, 1.807) is 24.3 Å². The summed E-state index contributed by atoms with van der Waals surface area (Å²) in [7, 11) is 0. The molecule has 2 amide bonds. The summed E-state index contributed by atoms with van der Waals surface area (Å²) in [6.07, 6.45) is 0.0602. The normalized spacial score (nSPS) is 19.1. The van der Waals surface area contributed by atoms with Crippen LogP contribution in [0.15, 0.2) is 34.5 Å². The number of ether oxygens (including phenoxy) is 1. The van der Waals surface area contributed by atoms with Gasteiger partial charge < -0.3 is 15.4 Å². The molecule has 0 radical (unpaired) electrons. The van der Waals surface area contributed by atoms with Crippen molar-refractivity contribution in [3.63, 3.8) is 0 Å². The maximum absolute atomic E-state index is 12.2. The molecule has 0 aliphatic carbocycles. The highest BCUT2D eigenvalue weighted by Crippen LogP contribution is 2.24. The number of nitrogens with one attached hydrogen (secondary N) is 2. The van der Waals surface area contributed by atoms with Crippen LogP contribution < -0.4 is 15.4 Å². The fourth-order valence-corrected chi connectivity index (χ4v) is 2.96. The van der Waals surface area contributed by atoms with Gasteiger partial charge in [-0.2, -0.15) is 5.10 Å². The van der Waals surface area contributed by atoms with Crippen LogP contribution in [0, 0.1) is 5.41 Å². The van der Waals surface area contributed by atoms with E-state index in [1.165, 1.54) is 11.8 Å². The van der Waals surface area contributed by atoms with Gasteiger partial charge in [0.2, 0.25) is 11.8 Å². The summed E-state index contributed by atoms with van der Waals surface area (Å²) < 4.78 is 5.37. The smallest absolute Gasteiger partial charge is 0.240 e. The number of hydrogen-bond acceptors (Lipinski definition) is 6. The van der Waals surface area contributed by atoms with Gasteiger partial charge in [0.1, 0.15) is 11.0 Å². The number of hydrogen-bond donors (Lipinski definition) is 2. The van der Waals surface area contributed by atoms with Crippen LogP contribution in [0.1, 0.15) is 41.0 Å². The van der Waals surface area contributed by atoms with Crippen molar-refractivity contribution in [2.24, 2.45) is 15.6 Å². The fraction of sp³-hybridized carbons (Fsp3) is 0.474. The highest BCUT2D eigenvalue weighted by Gasteiger charge is 2.32. The van der Waals surface area contributed by atoms with Gasteiger partial charge in [-0.05, 0) is 38.1 Å². The van der Waals surface area contributed by atoms with Crippen LogP contribution >= 0.6 is 11.8 Å². The van der Waals surface area contributed by atoms with Gasteiger partial charge in [-0.25, -0.2) is 0 Å². The molecular formula is C19H26N4O3S. The summed E-state index contributed by atoms with van der Waals surface area (Å²) in [4.78, 5) is 24.3. The summed E-state index contributed by atoms with van der Waals surface area (Å²) in [6, 6.07) is 7.11. The van der Waals surface area contributed by atoms with Crippen molar-refractivity contribution in [1.82, 2.24) is 5.32 Å². The van der Waals surface area contributed by atoms with Crippen LogP contribution in [0.5, 0.6) is 5.75 Å². The molecule has 2 rings (SSSR count). The minimum absolute atomic E-state index is 0.0602. The number of carbonyl (C=O) groups is 2. The third kappa shape index (κ3) is 6.39. The number of anilines is 1. The fourth-order valence-electron chi connectivity index (χ4n) is 2.04. The average molecular weight is 391 g/mol. The first kappa shape index (κ1) is 21.0. The lowest BCUT2D eigenvalue weighted by Gasteiger charge is -2.16.